The summed E-state index contributed by atoms with van der Waals surface area (Å²) in [6.07, 6.45) is 0. The van der Waals surface area contributed by atoms with E-state index >= 15 is 0 Å². The van der Waals surface area contributed by atoms with E-state index in [1.807, 2.05) is 0 Å². The number of benzene rings is 1. The van der Waals surface area contributed by atoms with Crippen LogP contribution in [0.15, 0.2) is 18.2 Å². The lowest BCUT2D eigenvalue weighted by Gasteiger charge is -2.38. The van der Waals surface area contributed by atoms with Gasteiger partial charge >= 0.3 is 0 Å². The van der Waals surface area contributed by atoms with E-state index in [9.17, 15) is 4.79 Å². The summed E-state index contributed by atoms with van der Waals surface area (Å²) >= 11 is 12.7. The second kappa shape index (κ2) is 6.97. The van der Waals surface area contributed by atoms with E-state index < -0.39 is 6.04 Å². The van der Waals surface area contributed by atoms with Gasteiger partial charge in [0.25, 0.3) is 0 Å². The predicted octanol–water partition coefficient (Wildman–Crippen LogP) is 2.42. The lowest BCUT2D eigenvalue weighted by molar-refractivity contribution is -0.135. The molecule has 1 saturated heterocycles. The predicted molar refractivity (Wildman–Crippen MR) is 86.9 cm³/mol. The Hall–Kier alpha value is -0.810. The number of rotatable bonds is 3. The zero-order valence-corrected chi connectivity index (χ0v) is 14.1. The number of likely N-dealkylation sites (N-methyl/N-ethyl adjacent to an activating group) is 1. The number of hydrogen-bond acceptors (Lipinski definition) is 3. The summed E-state index contributed by atoms with van der Waals surface area (Å²) in [6, 6.07) is 5.25. The van der Waals surface area contributed by atoms with Crippen molar-refractivity contribution in [2.24, 2.45) is 0 Å². The van der Waals surface area contributed by atoms with Crippen LogP contribution in [0, 0.1) is 0 Å². The van der Waals surface area contributed by atoms with Gasteiger partial charge in [-0.3, -0.25) is 9.69 Å². The van der Waals surface area contributed by atoms with Crippen molar-refractivity contribution in [1.82, 2.24) is 15.1 Å². The lowest BCUT2D eigenvalue weighted by Crippen LogP contribution is -2.53. The molecule has 1 aromatic carbocycles. The minimum atomic E-state index is -0.439. The normalized spacial score (nSPS) is 21.1. The first-order chi connectivity index (χ1) is 9.91. The summed E-state index contributed by atoms with van der Waals surface area (Å²) in [4.78, 5) is 16.4. The number of amides is 1. The van der Waals surface area contributed by atoms with Crippen molar-refractivity contribution in [3.8, 4) is 0 Å². The molecule has 2 unspecified atom stereocenters. The summed E-state index contributed by atoms with van der Waals surface area (Å²) in [5.41, 5.74) is 0.702. The van der Waals surface area contributed by atoms with Gasteiger partial charge in [-0.15, -0.1) is 0 Å². The molecule has 0 aliphatic carbocycles. The van der Waals surface area contributed by atoms with E-state index in [-0.39, 0.29) is 5.91 Å². The second-order valence-electron chi connectivity index (χ2n) is 5.62. The summed E-state index contributed by atoms with van der Waals surface area (Å²) in [5.74, 6) is -0.000833. The minimum Gasteiger partial charge on any atom is -0.347 e. The van der Waals surface area contributed by atoms with Gasteiger partial charge in [-0.1, -0.05) is 29.3 Å². The van der Waals surface area contributed by atoms with Crippen molar-refractivity contribution < 1.29 is 4.79 Å². The number of carbonyl (C=O) groups is 1. The highest BCUT2D eigenvalue weighted by atomic mass is 35.5. The van der Waals surface area contributed by atoms with Gasteiger partial charge in [0.2, 0.25) is 5.91 Å². The number of nitrogens with one attached hydrogen (secondary N) is 1. The van der Waals surface area contributed by atoms with Gasteiger partial charge in [0, 0.05) is 55.4 Å². The highest BCUT2D eigenvalue weighted by molar-refractivity contribution is 6.36. The molecule has 1 N–H and O–H groups in total. The topological polar surface area (TPSA) is 35.6 Å². The zero-order valence-electron chi connectivity index (χ0n) is 12.6. The van der Waals surface area contributed by atoms with Gasteiger partial charge < -0.3 is 10.2 Å². The Kier molecular flexibility index (Phi) is 5.49. The smallest absolute Gasteiger partial charge is 0.244 e. The molecule has 0 spiro atoms. The fourth-order valence-corrected chi connectivity index (χ4v) is 3.28. The Morgan fingerprint density at radius 3 is 2.52 bits per heavy atom. The number of nitrogens with zero attached hydrogens (tertiary/aromatic N) is 2. The van der Waals surface area contributed by atoms with Crippen LogP contribution in [0.4, 0.5) is 0 Å². The molecule has 1 fully saturated rings. The average Bonchev–Trinajstić information content (AvgIpc) is 2.42. The lowest BCUT2D eigenvalue weighted by atomic mass is 10.0. The van der Waals surface area contributed by atoms with Gasteiger partial charge in [0.15, 0.2) is 0 Å². The average molecular weight is 330 g/mol. The molecule has 2 rings (SSSR count). The van der Waals surface area contributed by atoms with Crippen molar-refractivity contribution in [2.75, 3.05) is 33.7 Å². The Morgan fingerprint density at radius 2 is 2.00 bits per heavy atom. The van der Waals surface area contributed by atoms with Gasteiger partial charge in [-0.2, -0.15) is 0 Å². The van der Waals surface area contributed by atoms with Gasteiger partial charge in [0.05, 0.1) is 0 Å². The summed E-state index contributed by atoms with van der Waals surface area (Å²) < 4.78 is 0. The van der Waals surface area contributed by atoms with E-state index in [0.29, 0.717) is 21.7 Å². The zero-order chi connectivity index (χ0) is 15.6. The van der Waals surface area contributed by atoms with Crippen molar-refractivity contribution >= 4 is 29.1 Å². The molecule has 1 aliphatic heterocycles. The first kappa shape index (κ1) is 16.6. The highest BCUT2D eigenvalue weighted by Gasteiger charge is 2.34. The Bertz CT molecular complexity index is 501. The third-order valence-corrected chi connectivity index (χ3v) is 4.37. The van der Waals surface area contributed by atoms with Gasteiger partial charge in [-0.25, -0.2) is 0 Å². The monoisotopic (exact) mass is 329 g/mol. The SMILES string of the molecule is CC1CN(C(C(=O)N(C)C)c2c(Cl)cccc2Cl)CCN1. The number of hydrogen-bond donors (Lipinski definition) is 1. The quantitative estimate of drug-likeness (QED) is 0.925. The highest BCUT2D eigenvalue weighted by Crippen LogP contribution is 2.35. The van der Waals surface area contributed by atoms with Crippen LogP contribution in [0.1, 0.15) is 18.5 Å². The molecule has 116 valence electrons. The molecule has 1 heterocycles. The third kappa shape index (κ3) is 3.69. The molecule has 1 aliphatic rings. The molecule has 6 heteroatoms. The molecule has 4 nitrogen and oxygen atoms in total. The van der Waals surface area contributed by atoms with Crippen LogP contribution in [-0.4, -0.2) is 55.5 Å². The van der Waals surface area contributed by atoms with E-state index in [2.05, 4.69) is 17.1 Å². The number of halogens is 2. The van der Waals surface area contributed by atoms with Crippen molar-refractivity contribution in [3.05, 3.63) is 33.8 Å². The number of piperazine rings is 1. The van der Waals surface area contributed by atoms with Crippen LogP contribution in [-0.2, 0) is 4.79 Å². The van der Waals surface area contributed by atoms with Crippen LogP contribution >= 0.6 is 23.2 Å². The molecule has 2 atom stereocenters. The summed E-state index contributed by atoms with van der Waals surface area (Å²) in [7, 11) is 3.51. The van der Waals surface area contributed by atoms with Crippen molar-refractivity contribution in [2.45, 2.75) is 19.0 Å². The Balaban J connectivity index is 2.43. The maximum Gasteiger partial charge on any atom is 0.244 e. The molecule has 0 radical (unpaired) electrons. The van der Waals surface area contributed by atoms with Gasteiger partial charge in [-0.05, 0) is 19.1 Å². The molecule has 1 aromatic rings. The molecular weight excluding hydrogens is 309 g/mol. The number of carbonyl (C=O) groups excluding carboxylic acids is 1. The van der Waals surface area contributed by atoms with Gasteiger partial charge in [0.1, 0.15) is 6.04 Å². The Morgan fingerprint density at radius 1 is 1.38 bits per heavy atom. The van der Waals surface area contributed by atoms with Crippen LogP contribution < -0.4 is 5.32 Å². The molecule has 21 heavy (non-hydrogen) atoms. The molecule has 0 aromatic heterocycles. The van der Waals surface area contributed by atoms with E-state index in [1.54, 1.807) is 37.2 Å². The Labute approximate surface area is 136 Å². The first-order valence-corrected chi connectivity index (χ1v) is 7.80. The van der Waals surface area contributed by atoms with E-state index in [0.717, 1.165) is 19.6 Å². The second-order valence-corrected chi connectivity index (χ2v) is 6.44. The fraction of sp³-hybridized carbons (Fsp3) is 0.533. The largest absolute Gasteiger partial charge is 0.347 e. The molecule has 0 saturated carbocycles. The van der Waals surface area contributed by atoms with E-state index in [4.69, 9.17) is 23.2 Å². The minimum absolute atomic E-state index is 0.000833. The van der Waals surface area contributed by atoms with Crippen LogP contribution in [0.5, 0.6) is 0 Å². The fourth-order valence-electron chi connectivity index (χ4n) is 2.68. The van der Waals surface area contributed by atoms with E-state index in [1.165, 1.54) is 0 Å². The van der Waals surface area contributed by atoms with Crippen LogP contribution in [0.25, 0.3) is 0 Å². The van der Waals surface area contributed by atoms with Crippen LogP contribution in [0.2, 0.25) is 10.0 Å². The standard InChI is InChI=1S/C15H21Cl2N3O/c1-10-9-20(8-7-18-10)14(15(21)19(2)3)13-11(16)5-4-6-12(13)17/h4-6,10,14,18H,7-9H2,1-3H3. The van der Waals surface area contributed by atoms with Crippen molar-refractivity contribution in [3.63, 3.8) is 0 Å². The first-order valence-electron chi connectivity index (χ1n) is 7.04. The summed E-state index contributed by atoms with van der Waals surface area (Å²) in [5, 5.41) is 4.46. The van der Waals surface area contributed by atoms with Crippen molar-refractivity contribution in [1.29, 1.82) is 0 Å². The maximum absolute atomic E-state index is 12.7. The third-order valence-electron chi connectivity index (χ3n) is 3.71. The molecular formula is C15H21Cl2N3O. The molecule has 0 bridgehead atoms. The molecule has 1 amide bonds. The van der Waals surface area contributed by atoms with Crippen LogP contribution in [0.3, 0.4) is 0 Å². The summed E-state index contributed by atoms with van der Waals surface area (Å²) in [6.45, 7) is 4.53. The maximum atomic E-state index is 12.7.